The number of unbranched alkanes of at least 4 members (excludes halogenated alkanes) is 1. The van der Waals surface area contributed by atoms with Gasteiger partial charge in [-0.15, -0.1) is 0 Å². The van der Waals surface area contributed by atoms with Gasteiger partial charge in [-0.2, -0.15) is 0 Å². The minimum absolute atomic E-state index is 0.0528. The minimum atomic E-state index is -0.0528. The molecule has 0 aromatic rings. The molecule has 0 aliphatic heterocycles. The molecule has 0 rings (SSSR count). The molecule has 16 heavy (non-hydrogen) atoms. The largest absolute Gasteiger partial charge is 0.466 e. The van der Waals surface area contributed by atoms with Crippen molar-refractivity contribution in [3.63, 3.8) is 0 Å². The standard InChI is InChI=1S/C12H26N2O2/c1-4-5-11-16-12(15)7-9-13-8-6-10-14(2)3/h13H,4-11H2,1-3H3/p+2. The summed E-state index contributed by atoms with van der Waals surface area (Å²) in [7, 11) is 4.32. The highest BCUT2D eigenvalue weighted by Gasteiger charge is 2.03. The van der Waals surface area contributed by atoms with Gasteiger partial charge in [0.05, 0.1) is 46.8 Å². The van der Waals surface area contributed by atoms with E-state index in [9.17, 15) is 4.79 Å². The van der Waals surface area contributed by atoms with Crippen LogP contribution >= 0.6 is 0 Å². The molecule has 0 spiro atoms. The molecular weight excluding hydrogens is 204 g/mol. The number of quaternary nitrogens is 2. The summed E-state index contributed by atoms with van der Waals surface area (Å²) in [4.78, 5) is 12.7. The van der Waals surface area contributed by atoms with E-state index in [2.05, 4.69) is 26.3 Å². The van der Waals surface area contributed by atoms with Gasteiger partial charge in [0.25, 0.3) is 0 Å². The van der Waals surface area contributed by atoms with Gasteiger partial charge >= 0.3 is 5.97 Å². The summed E-state index contributed by atoms with van der Waals surface area (Å²) in [5.41, 5.74) is 0. The predicted octanol–water partition coefficient (Wildman–Crippen LogP) is -1.18. The van der Waals surface area contributed by atoms with Crippen LogP contribution < -0.4 is 10.2 Å². The van der Waals surface area contributed by atoms with E-state index in [4.69, 9.17) is 4.74 Å². The van der Waals surface area contributed by atoms with Gasteiger partial charge in [-0.05, 0) is 6.42 Å². The number of carbonyl (C=O) groups is 1. The maximum atomic E-state index is 11.2. The molecule has 0 aliphatic carbocycles. The van der Waals surface area contributed by atoms with Gasteiger partial charge in [0.15, 0.2) is 0 Å². The Morgan fingerprint density at radius 3 is 2.62 bits per heavy atom. The van der Waals surface area contributed by atoms with Crippen molar-refractivity contribution in [3.8, 4) is 0 Å². The van der Waals surface area contributed by atoms with E-state index in [1.54, 1.807) is 0 Å². The van der Waals surface area contributed by atoms with E-state index in [0.717, 1.165) is 25.9 Å². The van der Waals surface area contributed by atoms with Crippen molar-refractivity contribution in [2.24, 2.45) is 0 Å². The summed E-state index contributed by atoms with van der Waals surface area (Å²) in [5.74, 6) is -0.0528. The third-order valence-electron chi connectivity index (χ3n) is 2.40. The summed E-state index contributed by atoms with van der Waals surface area (Å²) in [6, 6.07) is 0. The zero-order valence-corrected chi connectivity index (χ0v) is 11.1. The van der Waals surface area contributed by atoms with E-state index in [-0.39, 0.29) is 5.97 Å². The molecule has 4 nitrogen and oxygen atoms in total. The SMILES string of the molecule is CCCCOC(=O)CC[NH2+]CCC[NH+](C)C. The van der Waals surface area contributed by atoms with Crippen LogP contribution in [-0.2, 0) is 9.53 Å². The number of carbonyl (C=O) groups excluding carboxylic acids is 1. The first-order valence-electron chi connectivity index (χ1n) is 6.43. The third-order valence-corrected chi connectivity index (χ3v) is 2.40. The van der Waals surface area contributed by atoms with Gasteiger partial charge in [-0.3, -0.25) is 4.79 Å². The molecule has 0 bridgehead atoms. The summed E-state index contributed by atoms with van der Waals surface area (Å²) < 4.78 is 5.06. The van der Waals surface area contributed by atoms with Gasteiger partial charge in [-0.25, -0.2) is 0 Å². The molecule has 0 aromatic carbocycles. The molecule has 3 N–H and O–H groups in total. The number of hydrogen-bond donors (Lipinski definition) is 2. The summed E-state index contributed by atoms with van der Waals surface area (Å²) >= 11 is 0. The molecule has 0 aromatic heterocycles. The Kier molecular flexibility index (Phi) is 10.5. The zero-order valence-electron chi connectivity index (χ0n) is 11.1. The lowest BCUT2D eigenvalue weighted by molar-refractivity contribution is -0.860. The van der Waals surface area contributed by atoms with E-state index in [1.807, 2.05) is 0 Å². The van der Waals surface area contributed by atoms with E-state index >= 15 is 0 Å². The lowest BCUT2D eigenvalue weighted by Gasteiger charge is -2.06. The topological polar surface area (TPSA) is 47.3 Å². The predicted molar refractivity (Wildman–Crippen MR) is 64.4 cm³/mol. The highest BCUT2D eigenvalue weighted by Crippen LogP contribution is 1.90. The molecular formula is C12H28N2O2+2. The van der Waals surface area contributed by atoms with E-state index < -0.39 is 0 Å². The monoisotopic (exact) mass is 232 g/mol. The fourth-order valence-corrected chi connectivity index (χ4v) is 1.37. The number of ether oxygens (including phenoxy) is 1. The minimum Gasteiger partial charge on any atom is -0.466 e. The quantitative estimate of drug-likeness (QED) is 0.368. The van der Waals surface area contributed by atoms with Gasteiger partial charge in [0.1, 0.15) is 0 Å². The molecule has 0 saturated carbocycles. The molecule has 96 valence electrons. The average molecular weight is 232 g/mol. The maximum Gasteiger partial charge on any atom is 0.311 e. The summed E-state index contributed by atoms with van der Waals surface area (Å²) in [5, 5.41) is 2.20. The summed E-state index contributed by atoms with van der Waals surface area (Å²) in [6.45, 7) is 5.83. The van der Waals surface area contributed by atoms with Crippen LogP contribution in [-0.4, -0.2) is 46.3 Å². The van der Waals surface area contributed by atoms with Crippen LogP contribution in [0.2, 0.25) is 0 Å². The Hall–Kier alpha value is -0.610. The molecule has 0 unspecified atom stereocenters. The maximum absolute atomic E-state index is 11.2. The molecule has 0 fully saturated rings. The molecule has 0 heterocycles. The number of hydrogen-bond acceptors (Lipinski definition) is 2. The zero-order chi connectivity index (χ0) is 12.2. The first-order valence-corrected chi connectivity index (χ1v) is 6.43. The van der Waals surface area contributed by atoms with Crippen LogP contribution in [0, 0.1) is 0 Å². The van der Waals surface area contributed by atoms with Crippen molar-refractivity contribution in [2.45, 2.75) is 32.6 Å². The normalized spacial score (nSPS) is 10.8. The van der Waals surface area contributed by atoms with Crippen LogP contribution in [0.1, 0.15) is 32.6 Å². The van der Waals surface area contributed by atoms with E-state index in [0.29, 0.717) is 13.0 Å². The second kappa shape index (κ2) is 10.9. The van der Waals surface area contributed by atoms with Gasteiger partial charge < -0.3 is 15.0 Å². The number of rotatable bonds is 10. The number of nitrogens with one attached hydrogen (secondary N) is 1. The van der Waals surface area contributed by atoms with Crippen molar-refractivity contribution in [1.29, 1.82) is 0 Å². The Labute approximate surface area is 99.3 Å². The second-order valence-electron chi connectivity index (χ2n) is 4.50. The molecule has 0 atom stereocenters. The lowest BCUT2D eigenvalue weighted by Crippen LogP contribution is -3.06. The van der Waals surface area contributed by atoms with Crippen molar-refractivity contribution >= 4 is 5.97 Å². The third kappa shape index (κ3) is 11.5. The van der Waals surface area contributed by atoms with Crippen LogP contribution in [0.4, 0.5) is 0 Å². The fraction of sp³-hybridized carbons (Fsp3) is 0.917. The Morgan fingerprint density at radius 2 is 2.00 bits per heavy atom. The van der Waals surface area contributed by atoms with Crippen LogP contribution in [0.3, 0.4) is 0 Å². The fourth-order valence-electron chi connectivity index (χ4n) is 1.37. The van der Waals surface area contributed by atoms with Gasteiger partial charge in [0.2, 0.25) is 0 Å². The first kappa shape index (κ1) is 15.4. The smallest absolute Gasteiger partial charge is 0.311 e. The highest BCUT2D eigenvalue weighted by atomic mass is 16.5. The second-order valence-corrected chi connectivity index (χ2v) is 4.50. The Balaban J connectivity index is 3.15. The number of nitrogens with two attached hydrogens (primary N) is 1. The summed E-state index contributed by atoms with van der Waals surface area (Å²) in [6.07, 6.45) is 3.79. The van der Waals surface area contributed by atoms with Crippen molar-refractivity contribution in [1.82, 2.24) is 0 Å². The Morgan fingerprint density at radius 1 is 1.25 bits per heavy atom. The Bertz CT molecular complexity index is 172. The molecule has 0 aliphatic rings. The van der Waals surface area contributed by atoms with Crippen molar-refractivity contribution in [3.05, 3.63) is 0 Å². The highest BCUT2D eigenvalue weighted by molar-refractivity contribution is 5.69. The van der Waals surface area contributed by atoms with Gasteiger partial charge in [0, 0.05) is 6.42 Å². The van der Waals surface area contributed by atoms with Crippen molar-refractivity contribution < 1.29 is 19.7 Å². The van der Waals surface area contributed by atoms with Crippen LogP contribution in [0.25, 0.3) is 0 Å². The lowest BCUT2D eigenvalue weighted by atomic mass is 10.3. The first-order chi connectivity index (χ1) is 7.66. The average Bonchev–Trinajstić information content (AvgIpc) is 2.23. The van der Waals surface area contributed by atoms with Crippen molar-refractivity contribution in [2.75, 3.05) is 40.3 Å². The number of esters is 1. The van der Waals surface area contributed by atoms with Gasteiger partial charge in [-0.1, -0.05) is 13.3 Å². The molecule has 0 saturated heterocycles. The van der Waals surface area contributed by atoms with Crippen LogP contribution in [0.5, 0.6) is 0 Å². The molecule has 4 heteroatoms. The molecule has 0 radical (unpaired) electrons. The van der Waals surface area contributed by atoms with Crippen LogP contribution in [0.15, 0.2) is 0 Å². The van der Waals surface area contributed by atoms with E-state index in [1.165, 1.54) is 17.9 Å². The molecule has 0 amide bonds.